The van der Waals surface area contributed by atoms with E-state index in [0.29, 0.717) is 24.1 Å². The fourth-order valence-electron chi connectivity index (χ4n) is 3.84. The van der Waals surface area contributed by atoms with E-state index < -0.39 is 0 Å². The Balaban J connectivity index is 1.88. The van der Waals surface area contributed by atoms with Crippen LogP contribution in [0, 0.1) is 0 Å². The Hall–Kier alpha value is -0.900. The summed E-state index contributed by atoms with van der Waals surface area (Å²) in [6.07, 6.45) is 1.46. The van der Waals surface area contributed by atoms with Crippen LogP contribution in [-0.2, 0) is 4.74 Å². The van der Waals surface area contributed by atoms with Crippen molar-refractivity contribution in [1.29, 1.82) is 0 Å². The van der Waals surface area contributed by atoms with Gasteiger partial charge in [0.2, 0.25) is 0 Å². The maximum atomic E-state index is 6.61. The Morgan fingerprint density at radius 1 is 1.15 bits per heavy atom. The van der Waals surface area contributed by atoms with Crippen LogP contribution in [0.3, 0.4) is 0 Å². The van der Waals surface area contributed by atoms with Crippen molar-refractivity contribution in [2.24, 2.45) is 5.73 Å². The van der Waals surface area contributed by atoms with E-state index in [1.165, 1.54) is 11.1 Å². The Morgan fingerprint density at radius 2 is 1.85 bits per heavy atom. The van der Waals surface area contributed by atoms with Gasteiger partial charge < -0.3 is 10.5 Å². The molecule has 3 heteroatoms. The van der Waals surface area contributed by atoms with E-state index in [1.54, 1.807) is 0 Å². The molecule has 0 spiro atoms. The number of hydrogen-bond acceptors (Lipinski definition) is 3. The van der Waals surface area contributed by atoms with Crippen LogP contribution in [0.15, 0.2) is 24.3 Å². The fourth-order valence-corrected chi connectivity index (χ4v) is 3.84. The minimum atomic E-state index is 0.121. The molecular weight excluding hydrogens is 248 g/mol. The summed E-state index contributed by atoms with van der Waals surface area (Å²) in [7, 11) is 0. The Labute approximate surface area is 122 Å². The monoisotopic (exact) mass is 274 g/mol. The summed E-state index contributed by atoms with van der Waals surface area (Å²) in [6, 6.07) is 9.69. The summed E-state index contributed by atoms with van der Waals surface area (Å²) in [5.41, 5.74) is 9.38. The number of rotatable bonds is 1. The molecule has 0 saturated carbocycles. The van der Waals surface area contributed by atoms with Gasteiger partial charge in [-0.25, -0.2) is 0 Å². The van der Waals surface area contributed by atoms with Crippen molar-refractivity contribution in [2.75, 3.05) is 13.2 Å². The predicted octanol–water partition coefficient (Wildman–Crippen LogP) is 2.67. The average molecular weight is 274 g/mol. The van der Waals surface area contributed by atoms with Crippen molar-refractivity contribution in [3.63, 3.8) is 0 Å². The summed E-state index contributed by atoms with van der Waals surface area (Å²) in [6.45, 7) is 8.55. The van der Waals surface area contributed by atoms with Gasteiger partial charge in [-0.1, -0.05) is 31.2 Å². The molecule has 2 aliphatic rings. The van der Waals surface area contributed by atoms with Crippen molar-refractivity contribution in [1.82, 2.24) is 4.90 Å². The molecule has 0 aromatic heterocycles. The zero-order valence-corrected chi connectivity index (χ0v) is 12.8. The minimum absolute atomic E-state index is 0.121. The maximum absolute atomic E-state index is 6.61. The van der Waals surface area contributed by atoms with Gasteiger partial charge in [0.15, 0.2) is 0 Å². The molecule has 3 rings (SSSR count). The van der Waals surface area contributed by atoms with Gasteiger partial charge in [-0.05, 0) is 37.3 Å². The van der Waals surface area contributed by atoms with E-state index >= 15 is 0 Å². The van der Waals surface area contributed by atoms with Gasteiger partial charge in [-0.2, -0.15) is 0 Å². The highest BCUT2D eigenvalue weighted by molar-refractivity contribution is 5.36. The standard InChI is InChI=1S/C17H26N2O/c1-11-8-16(19-9-13(3)20-10-12(19)2)17(18)15-7-5-4-6-14(11)15/h4-7,11-13,16-17H,8-10,18H2,1-3H3. The van der Waals surface area contributed by atoms with Gasteiger partial charge in [-0.3, -0.25) is 4.90 Å². The number of fused-ring (bicyclic) bond motifs is 1. The van der Waals surface area contributed by atoms with Crippen molar-refractivity contribution in [3.8, 4) is 0 Å². The Kier molecular flexibility index (Phi) is 3.85. The molecule has 5 atom stereocenters. The normalized spacial score (nSPS) is 38.5. The first-order valence-corrected chi connectivity index (χ1v) is 7.79. The third-order valence-corrected chi connectivity index (χ3v) is 4.98. The van der Waals surface area contributed by atoms with Gasteiger partial charge in [0.05, 0.1) is 12.7 Å². The molecule has 1 heterocycles. The lowest BCUT2D eigenvalue weighted by Crippen LogP contribution is -2.56. The zero-order chi connectivity index (χ0) is 14.3. The number of nitrogens with two attached hydrogens (primary N) is 1. The van der Waals surface area contributed by atoms with Crippen LogP contribution in [0.1, 0.15) is 50.3 Å². The highest BCUT2D eigenvalue weighted by Gasteiger charge is 2.38. The van der Waals surface area contributed by atoms with Crippen LogP contribution in [0.2, 0.25) is 0 Å². The number of benzene rings is 1. The maximum Gasteiger partial charge on any atom is 0.0674 e. The number of morpholine rings is 1. The van der Waals surface area contributed by atoms with E-state index in [9.17, 15) is 0 Å². The molecule has 0 amide bonds. The minimum Gasteiger partial charge on any atom is -0.376 e. The van der Waals surface area contributed by atoms with Crippen LogP contribution >= 0.6 is 0 Å². The zero-order valence-electron chi connectivity index (χ0n) is 12.8. The van der Waals surface area contributed by atoms with Crippen LogP contribution in [0.5, 0.6) is 0 Å². The van der Waals surface area contributed by atoms with Crippen molar-refractivity contribution in [2.45, 2.75) is 57.3 Å². The second-order valence-corrected chi connectivity index (χ2v) is 6.55. The molecule has 1 fully saturated rings. The molecule has 1 aliphatic heterocycles. The SMILES string of the molecule is CC1CN(C2CC(C)c3ccccc3C2N)C(C)CO1. The van der Waals surface area contributed by atoms with Gasteiger partial charge in [-0.15, -0.1) is 0 Å². The second-order valence-electron chi connectivity index (χ2n) is 6.55. The molecule has 3 nitrogen and oxygen atoms in total. The van der Waals surface area contributed by atoms with Gasteiger partial charge in [0, 0.05) is 24.7 Å². The second kappa shape index (κ2) is 5.47. The highest BCUT2D eigenvalue weighted by Crippen LogP contribution is 2.39. The topological polar surface area (TPSA) is 38.5 Å². The predicted molar refractivity (Wildman–Crippen MR) is 81.8 cm³/mol. The summed E-state index contributed by atoms with van der Waals surface area (Å²) < 4.78 is 5.76. The van der Waals surface area contributed by atoms with E-state index in [4.69, 9.17) is 10.5 Å². The molecular formula is C17H26N2O. The molecule has 20 heavy (non-hydrogen) atoms. The van der Waals surface area contributed by atoms with Crippen molar-refractivity contribution < 1.29 is 4.74 Å². The van der Waals surface area contributed by atoms with E-state index in [1.807, 2.05) is 0 Å². The smallest absolute Gasteiger partial charge is 0.0674 e. The molecule has 1 saturated heterocycles. The Bertz CT molecular complexity index is 476. The lowest BCUT2D eigenvalue weighted by atomic mass is 9.77. The summed E-state index contributed by atoms with van der Waals surface area (Å²) >= 11 is 0. The summed E-state index contributed by atoms with van der Waals surface area (Å²) in [5.74, 6) is 0.585. The molecule has 110 valence electrons. The molecule has 1 aromatic carbocycles. The number of ether oxygens (including phenoxy) is 1. The van der Waals surface area contributed by atoms with Crippen LogP contribution < -0.4 is 5.73 Å². The van der Waals surface area contributed by atoms with Crippen LogP contribution in [-0.4, -0.2) is 36.2 Å². The van der Waals surface area contributed by atoms with Gasteiger partial charge >= 0.3 is 0 Å². The fraction of sp³-hybridized carbons (Fsp3) is 0.647. The van der Waals surface area contributed by atoms with Crippen LogP contribution in [0.4, 0.5) is 0 Å². The molecule has 1 aliphatic carbocycles. The third kappa shape index (κ3) is 2.39. The Morgan fingerprint density at radius 3 is 2.60 bits per heavy atom. The third-order valence-electron chi connectivity index (χ3n) is 4.98. The van der Waals surface area contributed by atoms with E-state index in [2.05, 4.69) is 49.9 Å². The highest BCUT2D eigenvalue weighted by atomic mass is 16.5. The molecule has 5 unspecified atom stereocenters. The molecule has 1 aromatic rings. The quantitative estimate of drug-likeness (QED) is 0.855. The number of hydrogen-bond donors (Lipinski definition) is 1. The van der Waals surface area contributed by atoms with Gasteiger partial charge in [0.25, 0.3) is 0 Å². The van der Waals surface area contributed by atoms with E-state index in [0.717, 1.165) is 19.6 Å². The lowest BCUT2D eigenvalue weighted by molar-refractivity contribution is -0.0731. The van der Waals surface area contributed by atoms with E-state index in [-0.39, 0.29) is 6.04 Å². The average Bonchev–Trinajstić information content (AvgIpc) is 2.46. The largest absolute Gasteiger partial charge is 0.376 e. The molecule has 2 N–H and O–H groups in total. The molecule has 0 bridgehead atoms. The first-order chi connectivity index (χ1) is 9.58. The summed E-state index contributed by atoms with van der Waals surface area (Å²) in [5, 5.41) is 0. The van der Waals surface area contributed by atoms with Crippen LogP contribution in [0.25, 0.3) is 0 Å². The van der Waals surface area contributed by atoms with Gasteiger partial charge in [0.1, 0.15) is 0 Å². The summed E-state index contributed by atoms with van der Waals surface area (Å²) in [4.78, 5) is 2.57. The first kappa shape index (κ1) is 14.1. The number of nitrogens with zero attached hydrogens (tertiary/aromatic N) is 1. The first-order valence-electron chi connectivity index (χ1n) is 7.79. The molecule has 0 radical (unpaired) electrons. The lowest BCUT2D eigenvalue weighted by Gasteiger charge is -2.47. The van der Waals surface area contributed by atoms with Crippen molar-refractivity contribution in [3.05, 3.63) is 35.4 Å². The van der Waals surface area contributed by atoms with Crippen molar-refractivity contribution >= 4 is 0 Å².